The van der Waals surface area contributed by atoms with Crippen LogP contribution in [0, 0.1) is 6.92 Å². The summed E-state index contributed by atoms with van der Waals surface area (Å²) in [6.07, 6.45) is 1.90. The van der Waals surface area contributed by atoms with Crippen molar-refractivity contribution in [1.29, 1.82) is 0 Å². The van der Waals surface area contributed by atoms with Crippen molar-refractivity contribution in [1.82, 2.24) is 4.73 Å². The maximum absolute atomic E-state index is 12.2. The fraction of sp³-hybridized carbons (Fsp3) is 0.105. The molecule has 0 unspecified atom stereocenters. The molecular weight excluding hydrogens is 310 g/mol. The van der Waals surface area contributed by atoms with Crippen LogP contribution in [0.4, 0.5) is 0 Å². The van der Waals surface area contributed by atoms with Crippen molar-refractivity contribution in [2.75, 3.05) is 0 Å². The van der Waals surface area contributed by atoms with Gasteiger partial charge in [-0.1, -0.05) is 48.0 Å². The van der Waals surface area contributed by atoms with Crippen molar-refractivity contribution in [3.63, 3.8) is 0 Å². The van der Waals surface area contributed by atoms with Gasteiger partial charge in [-0.05, 0) is 41.8 Å². The normalized spacial score (nSPS) is 10.7. The van der Waals surface area contributed by atoms with Crippen molar-refractivity contribution in [3.05, 3.63) is 92.9 Å². The van der Waals surface area contributed by atoms with Crippen LogP contribution < -0.4 is 5.56 Å². The summed E-state index contributed by atoms with van der Waals surface area (Å²) in [5.74, 6) is 0. The highest BCUT2D eigenvalue weighted by molar-refractivity contribution is 6.31. The van der Waals surface area contributed by atoms with Crippen molar-refractivity contribution in [2.24, 2.45) is 0 Å². The molecule has 0 saturated carbocycles. The minimum absolute atomic E-state index is 0.400. The van der Waals surface area contributed by atoms with E-state index >= 15 is 0 Å². The van der Waals surface area contributed by atoms with E-state index in [9.17, 15) is 10.0 Å². The molecule has 0 bridgehead atoms. The zero-order chi connectivity index (χ0) is 16.4. The Bertz CT molecular complexity index is 901. The number of pyridine rings is 1. The van der Waals surface area contributed by atoms with Gasteiger partial charge in [-0.3, -0.25) is 4.79 Å². The van der Waals surface area contributed by atoms with E-state index in [0.717, 1.165) is 22.3 Å². The Hall–Kier alpha value is -2.52. The molecule has 1 heterocycles. The zero-order valence-corrected chi connectivity index (χ0v) is 13.4. The molecule has 0 aliphatic carbocycles. The predicted octanol–water partition coefficient (Wildman–Crippen LogP) is 4.31. The summed E-state index contributed by atoms with van der Waals surface area (Å²) in [6.45, 7) is 1.92. The summed E-state index contributed by atoms with van der Waals surface area (Å²) in [6, 6.07) is 17.2. The van der Waals surface area contributed by atoms with Gasteiger partial charge in [0.1, 0.15) is 0 Å². The molecule has 1 aromatic heterocycles. The molecule has 3 aromatic rings. The first kappa shape index (κ1) is 15.4. The monoisotopic (exact) mass is 325 g/mol. The predicted molar refractivity (Wildman–Crippen MR) is 92.3 cm³/mol. The standard InChI is InChI=1S/C19H16ClNO2/c1-13-9-15(7-8-18(13)20)17-11-16(19(22)21(23)12-17)10-14-5-3-2-4-6-14/h2-9,11-12,23H,10H2,1H3. The first-order valence-corrected chi connectivity index (χ1v) is 7.67. The van der Waals surface area contributed by atoms with Gasteiger partial charge in [-0.2, -0.15) is 4.73 Å². The summed E-state index contributed by atoms with van der Waals surface area (Å²) in [4.78, 5) is 12.2. The van der Waals surface area contributed by atoms with Gasteiger partial charge in [-0.15, -0.1) is 0 Å². The van der Waals surface area contributed by atoms with Crippen LogP contribution in [0.5, 0.6) is 0 Å². The Balaban J connectivity index is 2.06. The molecule has 3 nitrogen and oxygen atoms in total. The van der Waals surface area contributed by atoms with Crippen LogP contribution in [0.15, 0.2) is 65.6 Å². The third kappa shape index (κ3) is 3.30. The second-order valence-electron chi connectivity index (χ2n) is 5.53. The second kappa shape index (κ2) is 6.31. The molecule has 0 fully saturated rings. The van der Waals surface area contributed by atoms with E-state index in [4.69, 9.17) is 11.6 Å². The van der Waals surface area contributed by atoms with Gasteiger partial charge in [0.15, 0.2) is 0 Å². The molecule has 0 saturated heterocycles. The number of aryl methyl sites for hydroxylation is 1. The lowest BCUT2D eigenvalue weighted by atomic mass is 10.0. The number of rotatable bonds is 3. The summed E-state index contributed by atoms with van der Waals surface area (Å²) in [5, 5.41) is 10.6. The highest BCUT2D eigenvalue weighted by atomic mass is 35.5. The summed E-state index contributed by atoms with van der Waals surface area (Å²) < 4.78 is 0.650. The Morgan fingerprint density at radius 1 is 1.04 bits per heavy atom. The van der Waals surface area contributed by atoms with Gasteiger partial charge in [0, 0.05) is 22.6 Å². The molecule has 3 rings (SSSR count). The number of halogens is 1. The van der Waals surface area contributed by atoms with Crippen LogP contribution >= 0.6 is 11.6 Å². The van der Waals surface area contributed by atoms with E-state index in [1.54, 1.807) is 0 Å². The lowest BCUT2D eigenvalue weighted by Gasteiger charge is -2.09. The van der Waals surface area contributed by atoms with E-state index in [-0.39, 0.29) is 0 Å². The highest BCUT2D eigenvalue weighted by Crippen LogP contribution is 2.25. The quantitative estimate of drug-likeness (QED) is 0.729. The van der Waals surface area contributed by atoms with E-state index in [2.05, 4.69) is 0 Å². The smallest absolute Gasteiger partial charge is 0.286 e. The number of hydrogen-bond donors (Lipinski definition) is 1. The summed E-state index contributed by atoms with van der Waals surface area (Å²) in [5.41, 5.74) is 3.80. The van der Waals surface area contributed by atoms with Gasteiger partial charge in [0.25, 0.3) is 5.56 Å². The Morgan fingerprint density at radius 3 is 2.48 bits per heavy atom. The summed E-state index contributed by atoms with van der Waals surface area (Å²) >= 11 is 6.06. The molecule has 0 amide bonds. The number of benzene rings is 2. The average molecular weight is 326 g/mol. The first-order valence-electron chi connectivity index (χ1n) is 7.30. The third-order valence-electron chi connectivity index (χ3n) is 3.80. The SMILES string of the molecule is Cc1cc(-c2cc(Cc3ccccc3)c(=O)n(O)c2)ccc1Cl. The number of hydrogen-bond acceptors (Lipinski definition) is 2. The average Bonchev–Trinajstić information content (AvgIpc) is 2.55. The van der Waals surface area contributed by atoms with Crippen LogP contribution in [-0.2, 0) is 6.42 Å². The Morgan fingerprint density at radius 2 is 1.78 bits per heavy atom. The van der Waals surface area contributed by atoms with Crippen molar-refractivity contribution >= 4 is 11.6 Å². The highest BCUT2D eigenvalue weighted by Gasteiger charge is 2.09. The fourth-order valence-corrected chi connectivity index (χ4v) is 2.67. The van der Waals surface area contributed by atoms with Crippen LogP contribution in [-0.4, -0.2) is 9.94 Å². The van der Waals surface area contributed by atoms with Gasteiger partial charge >= 0.3 is 0 Å². The topological polar surface area (TPSA) is 42.2 Å². The maximum Gasteiger partial charge on any atom is 0.286 e. The molecule has 0 spiro atoms. The molecule has 1 N–H and O–H groups in total. The fourth-order valence-electron chi connectivity index (χ4n) is 2.55. The molecule has 23 heavy (non-hydrogen) atoms. The van der Waals surface area contributed by atoms with Crippen LogP contribution in [0.2, 0.25) is 5.02 Å². The van der Waals surface area contributed by atoms with E-state index in [1.807, 2.05) is 61.5 Å². The zero-order valence-electron chi connectivity index (χ0n) is 12.7. The van der Waals surface area contributed by atoms with E-state index in [0.29, 0.717) is 21.7 Å². The Kier molecular flexibility index (Phi) is 4.22. The molecule has 0 aliphatic rings. The van der Waals surface area contributed by atoms with Gasteiger partial charge in [0.05, 0.1) is 6.20 Å². The molecule has 0 atom stereocenters. The van der Waals surface area contributed by atoms with E-state index in [1.165, 1.54) is 6.20 Å². The van der Waals surface area contributed by atoms with Gasteiger partial charge in [-0.25, -0.2) is 0 Å². The third-order valence-corrected chi connectivity index (χ3v) is 4.23. The van der Waals surface area contributed by atoms with Crippen LogP contribution in [0.1, 0.15) is 16.7 Å². The first-order chi connectivity index (χ1) is 11.0. The van der Waals surface area contributed by atoms with Gasteiger partial charge in [0.2, 0.25) is 0 Å². The lowest BCUT2D eigenvalue weighted by molar-refractivity contribution is 0.174. The summed E-state index contributed by atoms with van der Waals surface area (Å²) in [7, 11) is 0. The minimum atomic E-state index is -0.400. The Labute approximate surface area is 139 Å². The number of nitrogens with zero attached hydrogens (tertiary/aromatic N) is 1. The molecule has 0 aliphatic heterocycles. The van der Waals surface area contributed by atoms with Crippen molar-refractivity contribution < 1.29 is 5.21 Å². The second-order valence-corrected chi connectivity index (χ2v) is 5.94. The molecular formula is C19H16ClNO2. The molecule has 2 aromatic carbocycles. The maximum atomic E-state index is 12.2. The lowest BCUT2D eigenvalue weighted by Crippen LogP contribution is -2.21. The van der Waals surface area contributed by atoms with Crippen LogP contribution in [0.25, 0.3) is 11.1 Å². The molecule has 0 radical (unpaired) electrons. The molecule has 116 valence electrons. The van der Waals surface area contributed by atoms with Crippen molar-refractivity contribution in [3.8, 4) is 11.1 Å². The number of aromatic nitrogens is 1. The largest absolute Gasteiger partial charge is 0.425 e. The molecule has 4 heteroatoms. The van der Waals surface area contributed by atoms with Gasteiger partial charge < -0.3 is 5.21 Å². The van der Waals surface area contributed by atoms with Crippen molar-refractivity contribution in [2.45, 2.75) is 13.3 Å². The minimum Gasteiger partial charge on any atom is -0.425 e. The van der Waals surface area contributed by atoms with E-state index < -0.39 is 5.56 Å². The van der Waals surface area contributed by atoms with Crippen LogP contribution in [0.3, 0.4) is 0 Å².